The van der Waals surface area contributed by atoms with E-state index in [9.17, 15) is 0 Å². The van der Waals surface area contributed by atoms with E-state index in [2.05, 4.69) is 47.3 Å². The van der Waals surface area contributed by atoms with Gasteiger partial charge in [-0.05, 0) is 37.7 Å². The summed E-state index contributed by atoms with van der Waals surface area (Å²) in [6.07, 6.45) is 3.84. The molecule has 9 heteroatoms. The molecule has 1 saturated heterocycles. The van der Waals surface area contributed by atoms with E-state index in [1.807, 2.05) is 49.4 Å². The normalized spacial score (nSPS) is 15.2. The van der Waals surface area contributed by atoms with Crippen molar-refractivity contribution in [3.63, 3.8) is 0 Å². The molecule has 0 atom stereocenters. The van der Waals surface area contributed by atoms with E-state index in [1.165, 1.54) is 0 Å². The molecule has 1 fully saturated rings. The van der Waals surface area contributed by atoms with Crippen molar-refractivity contribution in [3.05, 3.63) is 52.4 Å². The van der Waals surface area contributed by atoms with E-state index in [4.69, 9.17) is 11.6 Å². The largest absolute Gasteiger partial charge is 0.338 e. The van der Waals surface area contributed by atoms with Gasteiger partial charge in [0, 0.05) is 43.0 Å². The Morgan fingerprint density at radius 2 is 1.79 bits per heavy atom. The number of benzene rings is 1. The average molecular weight is 411 g/mol. The van der Waals surface area contributed by atoms with E-state index >= 15 is 0 Å². The lowest BCUT2D eigenvalue weighted by Gasteiger charge is -2.32. The number of rotatable bonds is 5. The van der Waals surface area contributed by atoms with Gasteiger partial charge in [0.1, 0.15) is 0 Å². The second-order valence-electron chi connectivity index (χ2n) is 7.05. The molecule has 3 aromatic rings. The molecule has 0 amide bonds. The van der Waals surface area contributed by atoms with Crippen LogP contribution < -0.4 is 10.2 Å². The molecule has 0 bridgehead atoms. The van der Waals surface area contributed by atoms with Gasteiger partial charge >= 0.3 is 0 Å². The smallest absolute Gasteiger partial charge is 0.233 e. The van der Waals surface area contributed by atoms with Crippen molar-refractivity contribution < 1.29 is 0 Å². The number of aromatic amines is 1. The second kappa shape index (κ2) is 8.59. The zero-order chi connectivity index (χ0) is 20.2. The molecular formula is C20H23ClN8. The molecule has 0 spiro atoms. The monoisotopic (exact) mass is 410 g/mol. The molecule has 3 heterocycles. The first-order chi connectivity index (χ1) is 14.0. The Morgan fingerprint density at radius 3 is 2.48 bits per heavy atom. The van der Waals surface area contributed by atoms with Crippen LogP contribution in [0, 0.1) is 6.92 Å². The molecule has 1 aliphatic rings. The summed E-state index contributed by atoms with van der Waals surface area (Å²) in [6.45, 7) is 5.65. The summed E-state index contributed by atoms with van der Waals surface area (Å²) in [7, 11) is 2.12. The van der Waals surface area contributed by atoms with Crippen LogP contribution in [0.3, 0.4) is 0 Å². The highest BCUT2D eigenvalue weighted by Crippen LogP contribution is 2.18. The fourth-order valence-electron chi connectivity index (χ4n) is 3.00. The predicted octanol–water partition coefficient (Wildman–Crippen LogP) is 3.22. The van der Waals surface area contributed by atoms with Crippen LogP contribution in [-0.2, 0) is 0 Å². The summed E-state index contributed by atoms with van der Waals surface area (Å²) in [5.74, 6) is 2.39. The number of hydrogen-bond acceptors (Lipinski definition) is 7. The third-order valence-electron chi connectivity index (χ3n) is 4.67. The predicted molar refractivity (Wildman–Crippen MR) is 117 cm³/mol. The first-order valence-corrected chi connectivity index (χ1v) is 9.85. The molecule has 8 nitrogen and oxygen atoms in total. The Morgan fingerprint density at radius 1 is 1.03 bits per heavy atom. The van der Waals surface area contributed by atoms with Crippen LogP contribution in [0.4, 0.5) is 17.7 Å². The van der Waals surface area contributed by atoms with Gasteiger partial charge in [-0.1, -0.05) is 29.8 Å². The number of aryl methyl sites for hydroxylation is 1. The molecule has 29 heavy (non-hydrogen) atoms. The Hall–Kier alpha value is -2.97. The van der Waals surface area contributed by atoms with Gasteiger partial charge in [0.15, 0.2) is 11.6 Å². The van der Waals surface area contributed by atoms with Crippen LogP contribution in [0.15, 0.2) is 30.3 Å². The van der Waals surface area contributed by atoms with Gasteiger partial charge in [-0.15, -0.1) is 0 Å². The molecule has 1 aliphatic heterocycles. The number of halogens is 1. The molecule has 2 N–H and O–H groups in total. The maximum Gasteiger partial charge on any atom is 0.233 e. The summed E-state index contributed by atoms with van der Waals surface area (Å²) in [5.41, 5.74) is 1.98. The Kier molecular flexibility index (Phi) is 5.73. The molecule has 0 aliphatic carbocycles. The van der Waals surface area contributed by atoms with Gasteiger partial charge < -0.3 is 15.1 Å². The van der Waals surface area contributed by atoms with E-state index < -0.39 is 0 Å². The third kappa shape index (κ3) is 5.10. The lowest BCUT2D eigenvalue weighted by molar-refractivity contribution is 0.311. The first-order valence-electron chi connectivity index (χ1n) is 9.47. The van der Waals surface area contributed by atoms with Crippen LogP contribution in [-0.4, -0.2) is 63.3 Å². The number of nitrogens with zero attached hydrogens (tertiary/aromatic N) is 6. The van der Waals surface area contributed by atoms with E-state index in [0.717, 1.165) is 37.4 Å². The minimum absolute atomic E-state index is 0.469. The van der Waals surface area contributed by atoms with Gasteiger partial charge in [-0.3, -0.25) is 5.10 Å². The average Bonchev–Trinajstić information content (AvgIpc) is 3.12. The quantitative estimate of drug-likeness (QED) is 0.667. The van der Waals surface area contributed by atoms with Crippen molar-refractivity contribution in [2.24, 2.45) is 0 Å². The number of aromatic nitrogens is 5. The van der Waals surface area contributed by atoms with Crippen molar-refractivity contribution >= 4 is 41.5 Å². The van der Waals surface area contributed by atoms with Crippen LogP contribution in [0.2, 0.25) is 5.02 Å². The summed E-state index contributed by atoms with van der Waals surface area (Å²) >= 11 is 5.96. The molecule has 0 radical (unpaired) electrons. The Labute approximate surface area is 174 Å². The van der Waals surface area contributed by atoms with Crippen LogP contribution >= 0.6 is 11.6 Å². The molecule has 150 valence electrons. The highest BCUT2D eigenvalue weighted by molar-refractivity contribution is 6.30. The van der Waals surface area contributed by atoms with Crippen molar-refractivity contribution in [2.45, 2.75) is 6.92 Å². The van der Waals surface area contributed by atoms with Crippen molar-refractivity contribution in [3.8, 4) is 0 Å². The highest BCUT2D eigenvalue weighted by Gasteiger charge is 2.18. The van der Waals surface area contributed by atoms with Crippen molar-refractivity contribution in [1.29, 1.82) is 0 Å². The van der Waals surface area contributed by atoms with Crippen molar-refractivity contribution in [1.82, 2.24) is 30.0 Å². The fourth-order valence-corrected chi connectivity index (χ4v) is 3.13. The third-order valence-corrected chi connectivity index (χ3v) is 4.92. The minimum atomic E-state index is 0.469. The van der Waals surface area contributed by atoms with Gasteiger partial charge in [0.25, 0.3) is 0 Å². The highest BCUT2D eigenvalue weighted by atomic mass is 35.5. The maximum absolute atomic E-state index is 5.96. The summed E-state index contributed by atoms with van der Waals surface area (Å²) in [5, 5.41) is 11.0. The lowest BCUT2D eigenvalue weighted by Crippen LogP contribution is -2.45. The SMILES string of the molecule is Cc1cc(Nc2nc(/C=C/c3ccc(Cl)cc3)nc(N3CCN(C)CC3)n2)n[nH]1. The number of nitrogens with one attached hydrogen (secondary N) is 2. The summed E-state index contributed by atoms with van der Waals surface area (Å²) in [6, 6.07) is 9.52. The number of hydrogen-bond donors (Lipinski definition) is 2. The standard InChI is InChI=1S/C20H23ClN8/c1-14-13-18(27-26-14)23-19-22-17(8-5-15-3-6-16(21)7-4-15)24-20(25-19)29-11-9-28(2)10-12-29/h3-8,13H,9-12H2,1-2H3,(H2,22,23,24,25,26,27)/b8-5+. The molecule has 2 aromatic heterocycles. The van der Waals surface area contributed by atoms with E-state index in [1.54, 1.807) is 0 Å². The number of piperazine rings is 1. The fraction of sp³-hybridized carbons (Fsp3) is 0.300. The molecule has 4 rings (SSSR count). The number of anilines is 3. The molecule has 0 saturated carbocycles. The number of likely N-dealkylation sites (N-methyl/N-ethyl adjacent to an activating group) is 1. The molecule has 0 unspecified atom stereocenters. The van der Waals surface area contributed by atoms with E-state index in [0.29, 0.717) is 28.6 Å². The Balaban J connectivity index is 1.62. The zero-order valence-electron chi connectivity index (χ0n) is 16.4. The minimum Gasteiger partial charge on any atom is -0.338 e. The maximum atomic E-state index is 5.96. The molecular weight excluding hydrogens is 388 g/mol. The first kappa shape index (κ1) is 19.4. The van der Waals surface area contributed by atoms with Gasteiger partial charge in [-0.25, -0.2) is 0 Å². The topological polar surface area (TPSA) is 85.9 Å². The van der Waals surface area contributed by atoms with E-state index in [-0.39, 0.29) is 0 Å². The lowest BCUT2D eigenvalue weighted by atomic mass is 10.2. The van der Waals surface area contributed by atoms with Crippen LogP contribution in [0.5, 0.6) is 0 Å². The zero-order valence-corrected chi connectivity index (χ0v) is 17.2. The van der Waals surface area contributed by atoms with Crippen LogP contribution in [0.25, 0.3) is 12.2 Å². The summed E-state index contributed by atoms with van der Waals surface area (Å²) in [4.78, 5) is 18.3. The number of H-pyrrole nitrogens is 1. The van der Waals surface area contributed by atoms with Crippen LogP contribution in [0.1, 0.15) is 17.1 Å². The molecule has 1 aromatic carbocycles. The Bertz CT molecular complexity index is 990. The second-order valence-corrected chi connectivity index (χ2v) is 7.49. The summed E-state index contributed by atoms with van der Waals surface area (Å²) < 4.78 is 0. The van der Waals surface area contributed by atoms with Gasteiger partial charge in [-0.2, -0.15) is 20.1 Å². The van der Waals surface area contributed by atoms with Crippen molar-refractivity contribution in [2.75, 3.05) is 43.4 Å². The van der Waals surface area contributed by atoms with Gasteiger partial charge in [0.2, 0.25) is 11.9 Å². The van der Waals surface area contributed by atoms with Gasteiger partial charge in [0.05, 0.1) is 0 Å².